The first-order valence-corrected chi connectivity index (χ1v) is 7.47. The maximum Gasteiger partial charge on any atom is 0.316 e. The average Bonchev–Trinajstić information content (AvgIpc) is 2.51. The summed E-state index contributed by atoms with van der Waals surface area (Å²) in [4.78, 5) is 20.5. The van der Waals surface area contributed by atoms with Gasteiger partial charge in [0.2, 0.25) is 0 Å². The molecule has 1 N–H and O–H groups in total. The number of hydrogen-bond acceptors (Lipinski definition) is 5. The van der Waals surface area contributed by atoms with E-state index in [1.807, 2.05) is 38.1 Å². The van der Waals surface area contributed by atoms with Gasteiger partial charge in [0.25, 0.3) is 5.91 Å². The van der Waals surface area contributed by atoms with Gasteiger partial charge in [-0.3, -0.25) is 4.79 Å². The summed E-state index contributed by atoms with van der Waals surface area (Å²) in [6.45, 7) is 7.88. The summed E-state index contributed by atoms with van der Waals surface area (Å²) >= 11 is 0. The molecule has 1 amide bonds. The van der Waals surface area contributed by atoms with Crippen molar-refractivity contribution in [2.24, 2.45) is 0 Å². The molecule has 6 heteroatoms. The van der Waals surface area contributed by atoms with E-state index >= 15 is 0 Å². The molecule has 0 aliphatic carbocycles. The number of rotatable bonds is 6. The van der Waals surface area contributed by atoms with Crippen LogP contribution in [0.15, 0.2) is 24.3 Å². The van der Waals surface area contributed by atoms with Crippen LogP contribution < -0.4 is 14.8 Å². The zero-order valence-corrected chi connectivity index (χ0v) is 13.8. The van der Waals surface area contributed by atoms with Gasteiger partial charge in [-0.1, -0.05) is 17.7 Å². The van der Waals surface area contributed by atoms with Gasteiger partial charge in [-0.05, 0) is 39.8 Å². The van der Waals surface area contributed by atoms with Crippen molar-refractivity contribution in [2.45, 2.75) is 27.7 Å². The summed E-state index contributed by atoms with van der Waals surface area (Å²) in [5.74, 6) is 0.395. The van der Waals surface area contributed by atoms with Gasteiger partial charge in [0, 0.05) is 0 Å². The molecule has 0 aliphatic heterocycles. The van der Waals surface area contributed by atoms with Gasteiger partial charge in [0.1, 0.15) is 5.75 Å². The third-order valence-electron chi connectivity index (χ3n) is 3.18. The Bertz CT molecular complexity index is 661. The van der Waals surface area contributed by atoms with Crippen LogP contribution in [-0.2, 0) is 4.79 Å². The van der Waals surface area contributed by atoms with Crippen molar-refractivity contribution in [1.29, 1.82) is 0 Å². The van der Waals surface area contributed by atoms with Crippen LogP contribution in [0.3, 0.4) is 0 Å². The molecule has 0 spiro atoms. The van der Waals surface area contributed by atoms with Crippen molar-refractivity contribution in [2.75, 3.05) is 18.5 Å². The normalized spacial score (nSPS) is 10.3. The molecule has 2 aromatic rings. The van der Waals surface area contributed by atoms with Gasteiger partial charge in [0.05, 0.1) is 23.7 Å². The van der Waals surface area contributed by atoms with Crippen LogP contribution in [0.4, 0.5) is 5.69 Å². The molecule has 1 heterocycles. The van der Waals surface area contributed by atoms with Gasteiger partial charge < -0.3 is 14.8 Å². The Morgan fingerprint density at radius 3 is 2.22 bits per heavy atom. The highest BCUT2D eigenvalue weighted by Crippen LogP contribution is 2.19. The third kappa shape index (κ3) is 4.67. The predicted octanol–water partition coefficient (Wildman–Crippen LogP) is 2.82. The quantitative estimate of drug-likeness (QED) is 0.887. The van der Waals surface area contributed by atoms with Gasteiger partial charge in [-0.25, -0.2) is 0 Å². The monoisotopic (exact) mass is 315 g/mol. The van der Waals surface area contributed by atoms with Gasteiger partial charge in [0.15, 0.2) is 6.61 Å². The molecule has 122 valence electrons. The van der Waals surface area contributed by atoms with Crippen LogP contribution in [-0.4, -0.2) is 29.1 Å². The summed E-state index contributed by atoms with van der Waals surface area (Å²) < 4.78 is 10.7. The van der Waals surface area contributed by atoms with E-state index in [1.54, 1.807) is 13.8 Å². The van der Waals surface area contributed by atoms with E-state index in [0.717, 1.165) is 5.56 Å². The average molecular weight is 315 g/mol. The van der Waals surface area contributed by atoms with Gasteiger partial charge in [-0.2, -0.15) is 9.97 Å². The number of aryl methyl sites for hydroxylation is 3. The zero-order valence-electron chi connectivity index (χ0n) is 13.8. The lowest BCUT2D eigenvalue weighted by Gasteiger charge is -2.12. The molecule has 0 unspecified atom stereocenters. The van der Waals surface area contributed by atoms with Gasteiger partial charge in [-0.15, -0.1) is 0 Å². The smallest absolute Gasteiger partial charge is 0.316 e. The van der Waals surface area contributed by atoms with Crippen LogP contribution in [0.5, 0.6) is 11.8 Å². The molecule has 0 saturated heterocycles. The van der Waals surface area contributed by atoms with E-state index in [2.05, 4.69) is 15.3 Å². The summed E-state index contributed by atoms with van der Waals surface area (Å²) in [6.07, 6.45) is 0. The highest BCUT2D eigenvalue weighted by molar-refractivity contribution is 5.92. The SMILES string of the molecule is CCOc1nc(C)c(NC(=O)COc2ccc(C)cc2)c(C)n1. The van der Waals surface area contributed by atoms with Crippen LogP contribution in [0.1, 0.15) is 23.9 Å². The summed E-state index contributed by atoms with van der Waals surface area (Å²) in [5.41, 5.74) is 3.04. The number of benzene rings is 1. The number of nitrogens with one attached hydrogen (secondary N) is 1. The fourth-order valence-electron chi connectivity index (χ4n) is 2.02. The number of ether oxygens (including phenoxy) is 2. The van der Waals surface area contributed by atoms with Crippen molar-refractivity contribution in [3.63, 3.8) is 0 Å². The Balaban J connectivity index is 1.98. The van der Waals surface area contributed by atoms with Gasteiger partial charge >= 0.3 is 6.01 Å². The highest BCUT2D eigenvalue weighted by atomic mass is 16.5. The Kier molecular flexibility index (Phi) is 5.51. The van der Waals surface area contributed by atoms with Crippen LogP contribution >= 0.6 is 0 Å². The lowest BCUT2D eigenvalue weighted by atomic mass is 10.2. The van der Waals surface area contributed by atoms with Crippen molar-refractivity contribution in [3.8, 4) is 11.8 Å². The number of carbonyl (C=O) groups excluding carboxylic acids is 1. The minimum atomic E-state index is -0.260. The molecule has 0 radical (unpaired) electrons. The Morgan fingerprint density at radius 2 is 1.65 bits per heavy atom. The number of nitrogens with zero attached hydrogens (tertiary/aromatic N) is 2. The number of anilines is 1. The molecular formula is C17H21N3O3. The predicted molar refractivity (Wildman–Crippen MR) is 88.0 cm³/mol. The Labute approximate surface area is 135 Å². The second kappa shape index (κ2) is 7.58. The molecule has 23 heavy (non-hydrogen) atoms. The van der Waals surface area contributed by atoms with E-state index in [4.69, 9.17) is 9.47 Å². The first-order chi connectivity index (χ1) is 11.0. The van der Waals surface area contributed by atoms with E-state index in [1.165, 1.54) is 0 Å². The minimum Gasteiger partial charge on any atom is -0.484 e. The number of amides is 1. The largest absolute Gasteiger partial charge is 0.484 e. The zero-order chi connectivity index (χ0) is 16.8. The van der Waals surface area contributed by atoms with Crippen LogP contribution in [0, 0.1) is 20.8 Å². The fourth-order valence-corrected chi connectivity index (χ4v) is 2.02. The first kappa shape index (κ1) is 16.7. The lowest BCUT2D eigenvalue weighted by molar-refractivity contribution is -0.118. The van der Waals surface area contributed by atoms with E-state index < -0.39 is 0 Å². The number of aromatic nitrogens is 2. The molecule has 0 bridgehead atoms. The van der Waals surface area contributed by atoms with E-state index in [0.29, 0.717) is 35.4 Å². The van der Waals surface area contributed by atoms with Crippen molar-refractivity contribution in [3.05, 3.63) is 41.2 Å². The first-order valence-electron chi connectivity index (χ1n) is 7.47. The second-order valence-corrected chi connectivity index (χ2v) is 5.13. The minimum absolute atomic E-state index is 0.0743. The standard InChI is InChI=1S/C17H21N3O3/c1-5-22-17-18-12(3)16(13(4)19-17)20-15(21)10-23-14-8-6-11(2)7-9-14/h6-9H,5,10H2,1-4H3,(H,20,21). The molecular weight excluding hydrogens is 294 g/mol. The topological polar surface area (TPSA) is 73.3 Å². The molecule has 0 atom stereocenters. The maximum atomic E-state index is 12.0. The summed E-state index contributed by atoms with van der Waals surface area (Å²) in [7, 11) is 0. The number of hydrogen-bond donors (Lipinski definition) is 1. The second-order valence-electron chi connectivity index (χ2n) is 5.13. The molecule has 2 rings (SSSR count). The molecule has 1 aromatic heterocycles. The molecule has 1 aromatic carbocycles. The molecule has 0 fully saturated rings. The van der Waals surface area contributed by atoms with Crippen LogP contribution in [0.2, 0.25) is 0 Å². The fraction of sp³-hybridized carbons (Fsp3) is 0.353. The Hall–Kier alpha value is -2.63. The summed E-state index contributed by atoms with van der Waals surface area (Å²) in [6, 6.07) is 7.85. The Morgan fingerprint density at radius 1 is 1.04 bits per heavy atom. The van der Waals surface area contributed by atoms with Crippen molar-refractivity contribution < 1.29 is 14.3 Å². The lowest BCUT2D eigenvalue weighted by Crippen LogP contribution is -2.22. The van der Waals surface area contributed by atoms with E-state index in [-0.39, 0.29) is 12.5 Å². The van der Waals surface area contributed by atoms with Crippen LogP contribution in [0.25, 0.3) is 0 Å². The summed E-state index contributed by atoms with van der Waals surface area (Å²) in [5, 5.41) is 2.78. The molecule has 6 nitrogen and oxygen atoms in total. The third-order valence-corrected chi connectivity index (χ3v) is 3.18. The maximum absolute atomic E-state index is 12.0. The van der Waals surface area contributed by atoms with Crippen molar-refractivity contribution in [1.82, 2.24) is 9.97 Å². The highest BCUT2D eigenvalue weighted by Gasteiger charge is 2.12. The molecule has 0 aliphatic rings. The van der Waals surface area contributed by atoms with E-state index in [9.17, 15) is 4.79 Å². The number of carbonyl (C=O) groups is 1. The van der Waals surface area contributed by atoms with Crippen molar-refractivity contribution >= 4 is 11.6 Å². The molecule has 0 saturated carbocycles.